The van der Waals surface area contributed by atoms with Crippen LogP contribution in [0.25, 0.3) is 11.3 Å². The van der Waals surface area contributed by atoms with Gasteiger partial charge in [-0.3, -0.25) is 4.79 Å². The molecule has 1 aromatic heterocycles. The minimum absolute atomic E-state index is 0.0631. The Labute approximate surface area is 124 Å². The molecule has 0 amide bonds. The lowest BCUT2D eigenvalue weighted by atomic mass is 9.95. The average molecular weight is 287 g/mol. The summed E-state index contributed by atoms with van der Waals surface area (Å²) in [6.45, 7) is 6.61. The number of aromatic nitrogens is 2. The summed E-state index contributed by atoms with van der Waals surface area (Å²) in [5, 5.41) is 13.4. The Morgan fingerprint density at radius 3 is 2.43 bits per heavy atom. The Morgan fingerprint density at radius 2 is 1.90 bits per heavy atom. The maximum Gasteiger partial charge on any atom is 0.156 e. The van der Waals surface area contributed by atoms with Crippen molar-refractivity contribution < 1.29 is 9.90 Å². The number of carbonyl (C=O) groups is 1. The van der Waals surface area contributed by atoms with Gasteiger partial charge in [0.15, 0.2) is 6.29 Å². The number of hydrogen-bond donors (Lipinski definition) is 2. The van der Waals surface area contributed by atoms with E-state index in [4.69, 9.17) is 10.8 Å². The number of benzene rings is 1. The second-order valence-corrected chi connectivity index (χ2v) is 5.34. The number of aliphatic hydroxyl groups is 1. The van der Waals surface area contributed by atoms with Crippen LogP contribution in [-0.4, -0.2) is 27.8 Å². The van der Waals surface area contributed by atoms with Crippen molar-refractivity contribution in [3.05, 3.63) is 34.4 Å². The summed E-state index contributed by atoms with van der Waals surface area (Å²) in [5.74, 6) is 0.354. The van der Waals surface area contributed by atoms with Crippen LogP contribution in [0.2, 0.25) is 0 Å². The Morgan fingerprint density at radius 1 is 1.29 bits per heavy atom. The van der Waals surface area contributed by atoms with Crippen molar-refractivity contribution in [1.82, 2.24) is 9.78 Å². The highest BCUT2D eigenvalue weighted by atomic mass is 16.3. The molecule has 112 valence electrons. The summed E-state index contributed by atoms with van der Waals surface area (Å²) in [6.07, 6.45) is 1.31. The minimum Gasteiger partial charge on any atom is -0.396 e. The number of aliphatic hydroxyl groups excluding tert-OH is 1. The zero-order valence-corrected chi connectivity index (χ0v) is 12.7. The number of nitrogen functional groups attached to an aromatic ring is 1. The first-order chi connectivity index (χ1) is 9.99. The zero-order valence-electron chi connectivity index (χ0n) is 12.7. The van der Waals surface area contributed by atoms with Crippen molar-refractivity contribution >= 4 is 12.1 Å². The zero-order chi connectivity index (χ0) is 15.6. The smallest absolute Gasteiger partial charge is 0.156 e. The predicted molar refractivity (Wildman–Crippen MR) is 83.4 cm³/mol. The molecule has 1 aromatic carbocycles. The molecule has 0 saturated heterocycles. The molecule has 5 nitrogen and oxygen atoms in total. The van der Waals surface area contributed by atoms with Crippen molar-refractivity contribution in [3.63, 3.8) is 0 Å². The van der Waals surface area contributed by atoms with Gasteiger partial charge in [0.25, 0.3) is 0 Å². The van der Waals surface area contributed by atoms with Gasteiger partial charge in [0.2, 0.25) is 0 Å². The van der Waals surface area contributed by atoms with E-state index < -0.39 is 0 Å². The van der Waals surface area contributed by atoms with Crippen molar-refractivity contribution in [1.29, 1.82) is 0 Å². The van der Waals surface area contributed by atoms with Gasteiger partial charge >= 0.3 is 0 Å². The number of aldehydes is 1. The summed E-state index contributed by atoms with van der Waals surface area (Å²) in [5.41, 5.74) is 11.3. The van der Waals surface area contributed by atoms with Gasteiger partial charge in [-0.2, -0.15) is 5.10 Å². The molecule has 0 saturated carbocycles. The highest BCUT2D eigenvalue weighted by Crippen LogP contribution is 2.32. The van der Waals surface area contributed by atoms with E-state index in [2.05, 4.69) is 17.2 Å². The Kier molecular flexibility index (Phi) is 4.43. The van der Waals surface area contributed by atoms with Gasteiger partial charge in [0.05, 0.1) is 5.56 Å². The predicted octanol–water partition coefficient (Wildman–Crippen LogP) is 2.25. The maximum absolute atomic E-state index is 11.4. The normalized spacial score (nSPS) is 10.9. The summed E-state index contributed by atoms with van der Waals surface area (Å²) < 4.78 is 1.59. The lowest BCUT2D eigenvalue weighted by Crippen LogP contribution is -2.06. The second kappa shape index (κ2) is 6.10. The molecule has 1 heterocycles. The van der Waals surface area contributed by atoms with Crippen LogP contribution in [-0.2, 0) is 6.54 Å². The van der Waals surface area contributed by atoms with Crippen LogP contribution in [0.4, 0.5) is 5.82 Å². The van der Waals surface area contributed by atoms with Crippen molar-refractivity contribution in [2.45, 2.75) is 33.7 Å². The molecule has 0 atom stereocenters. The van der Waals surface area contributed by atoms with Crippen LogP contribution in [0.5, 0.6) is 0 Å². The molecule has 5 heteroatoms. The number of aryl methyl sites for hydroxylation is 4. The van der Waals surface area contributed by atoms with Gasteiger partial charge in [-0.15, -0.1) is 0 Å². The molecule has 0 aliphatic carbocycles. The minimum atomic E-state index is 0.0631. The number of anilines is 1. The molecule has 0 aliphatic heterocycles. The number of carbonyl (C=O) groups excluding carboxylic acids is 1. The van der Waals surface area contributed by atoms with Crippen LogP contribution in [0.1, 0.15) is 33.5 Å². The van der Waals surface area contributed by atoms with E-state index in [1.807, 2.05) is 20.8 Å². The van der Waals surface area contributed by atoms with Crippen LogP contribution in [0.15, 0.2) is 12.1 Å². The number of rotatable bonds is 5. The van der Waals surface area contributed by atoms with Crippen LogP contribution in [0, 0.1) is 20.8 Å². The monoisotopic (exact) mass is 287 g/mol. The van der Waals surface area contributed by atoms with Gasteiger partial charge in [0.1, 0.15) is 11.5 Å². The Hall–Kier alpha value is -2.14. The van der Waals surface area contributed by atoms with E-state index >= 15 is 0 Å². The topological polar surface area (TPSA) is 81.1 Å². The lowest BCUT2D eigenvalue weighted by Gasteiger charge is -2.09. The highest BCUT2D eigenvalue weighted by Gasteiger charge is 2.19. The van der Waals surface area contributed by atoms with Gasteiger partial charge in [-0.1, -0.05) is 17.7 Å². The number of nitrogens with two attached hydrogens (primary N) is 1. The van der Waals surface area contributed by atoms with E-state index in [-0.39, 0.29) is 6.61 Å². The molecule has 21 heavy (non-hydrogen) atoms. The van der Waals surface area contributed by atoms with Crippen molar-refractivity contribution in [3.8, 4) is 11.3 Å². The quantitative estimate of drug-likeness (QED) is 0.826. The summed E-state index contributed by atoms with van der Waals surface area (Å²) in [7, 11) is 0. The molecule has 0 unspecified atom stereocenters. The van der Waals surface area contributed by atoms with Crippen LogP contribution < -0.4 is 5.73 Å². The Balaban J connectivity index is 2.61. The van der Waals surface area contributed by atoms with E-state index in [0.29, 0.717) is 30.0 Å². The molecule has 0 spiro atoms. The average Bonchev–Trinajstić information content (AvgIpc) is 2.71. The molecule has 0 radical (unpaired) electrons. The third-order valence-corrected chi connectivity index (χ3v) is 3.59. The van der Waals surface area contributed by atoms with Crippen molar-refractivity contribution in [2.75, 3.05) is 12.3 Å². The first-order valence-corrected chi connectivity index (χ1v) is 7.00. The number of nitrogens with zero attached hydrogens (tertiary/aromatic N) is 2. The summed E-state index contributed by atoms with van der Waals surface area (Å²) in [6, 6.07) is 4.14. The highest BCUT2D eigenvalue weighted by molar-refractivity contribution is 5.92. The van der Waals surface area contributed by atoms with Crippen LogP contribution in [0.3, 0.4) is 0 Å². The molecule has 0 aliphatic rings. The van der Waals surface area contributed by atoms with E-state index in [0.717, 1.165) is 23.0 Å². The lowest BCUT2D eigenvalue weighted by molar-refractivity contribution is 0.112. The van der Waals surface area contributed by atoms with Gasteiger partial charge in [-0.25, -0.2) is 4.68 Å². The first kappa shape index (κ1) is 15.3. The third-order valence-electron chi connectivity index (χ3n) is 3.59. The van der Waals surface area contributed by atoms with E-state index in [1.165, 1.54) is 5.56 Å². The van der Waals surface area contributed by atoms with Gasteiger partial charge in [0, 0.05) is 18.7 Å². The molecular formula is C16H21N3O2. The summed E-state index contributed by atoms with van der Waals surface area (Å²) >= 11 is 0. The third kappa shape index (κ3) is 2.83. The molecule has 3 N–H and O–H groups in total. The number of hydrogen-bond acceptors (Lipinski definition) is 4. The molecule has 2 aromatic rings. The molecule has 0 bridgehead atoms. The molecule has 2 rings (SSSR count). The van der Waals surface area contributed by atoms with Crippen LogP contribution >= 0.6 is 0 Å². The van der Waals surface area contributed by atoms with E-state index in [1.54, 1.807) is 4.68 Å². The van der Waals surface area contributed by atoms with Crippen molar-refractivity contribution in [2.24, 2.45) is 0 Å². The van der Waals surface area contributed by atoms with E-state index in [9.17, 15) is 4.79 Å². The fraction of sp³-hybridized carbons (Fsp3) is 0.375. The second-order valence-electron chi connectivity index (χ2n) is 5.34. The van der Waals surface area contributed by atoms with Gasteiger partial charge in [-0.05, 0) is 38.3 Å². The SMILES string of the molecule is Cc1cc(C)c(-c2nn(CCCO)c(N)c2C=O)c(C)c1. The first-order valence-electron chi connectivity index (χ1n) is 7.00. The van der Waals surface area contributed by atoms with Gasteiger partial charge < -0.3 is 10.8 Å². The fourth-order valence-corrected chi connectivity index (χ4v) is 2.73. The largest absolute Gasteiger partial charge is 0.396 e. The molecular weight excluding hydrogens is 266 g/mol. The maximum atomic E-state index is 11.4. The standard InChI is InChI=1S/C16H21N3O2/c1-10-7-11(2)14(12(3)8-10)15-13(9-21)16(17)19(18-15)5-4-6-20/h7-9,20H,4-6,17H2,1-3H3. The molecule has 0 fully saturated rings. The summed E-state index contributed by atoms with van der Waals surface area (Å²) in [4.78, 5) is 11.4. The Bertz CT molecular complexity index is 651. The fourth-order valence-electron chi connectivity index (χ4n) is 2.73.